The Labute approximate surface area is 88.0 Å². The van der Waals surface area contributed by atoms with Gasteiger partial charge in [0, 0.05) is 5.33 Å². The SMILES string of the molecule is C=CCOC(=O)C(Br)C(O)CBr. The number of aliphatic hydroxyl groups is 1. The lowest BCUT2D eigenvalue weighted by Gasteiger charge is -2.12. The molecular weight excluding hydrogens is 292 g/mol. The van der Waals surface area contributed by atoms with Gasteiger partial charge in [-0.3, -0.25) is 4.79 Å². The van der Waals surface area contributed by atoms with E-state index in [-0.39, 0.29) is 6.61 Å². The Kier molecular flexibility index (Phi) is 6.70. The molecule has 0 aromatic heterocycles. The summed E-state index contributed by atoms with van der Waals surface area (Å²) in [4.78, 5) is 10.3. The van der Waals surface area contributed by atoms with Gasteiger partial charge in [0.15, 0.2) is 0 Å². The molecule has 5 heteroatoms. The summed E-state index contributed by atoms with van der Waals surface area (Å²) in [5.74, 6) is -0.484. The van der Waals surface area contributed by atoms with Crippen molar-refractivity contribution in [3.63, 3.8) is 0 Å². The molecule has 70 valence electrons. The van der Waals surface area contributed by atoms with Gasteiger partial charge in [-0.05, 0) is 0 Å². The Morgan fingerprint density at radius 1 is 1.75 bits per heavy atom. The Balaban J connectivity index is 3.83. The van der Waals surface area contributed by atoms with Gasteiger partial charge < -0.3 is 9.84 Å². The zero-order valence-electron chi connectivity index (χ0n) is 6.37. The molecule has 0 aromatic carbocycles. The molecule has 0 bridgehead atoms. The van der Waals surface area contributed by atoms with Crippen LogP contribution in [0.5, 0.6) is 0 Å². The van der Waals surface area contributed by atoms with E-state index in [1.165, 1.54) is 6.08 Å². The molecule has 0 heterocycles. The molecular formula is C7H10Br2O3. The van der Waals surface area contributed by atoms with Crippen molar-refractivity contribution >= 4 is 37.8 Å². The molecule has 2 unspecified atom stereocenters. The first kappa shape index (κ1) is 12.1. The first-order chi connectivity index (χ1) is 5.63. The highest BCUT2D eigenvalue weighted by atomic mass is 79.9. The van der Waals surface area contributed by atoms with Gasteiger partial charge in [0.05, 0.1) is 6.10 Å². The number of hydrogen-bond donors (Lipinski definition) is 1. The van der Waals surface area contributed by atoms with Gasteiger partial charge in [-0.25, -0.2) is 0 Å². The number of halogens is 2. The van der Waals surface area contributed by atoms with E-state index >= 15 is 0 Å². The van der Waals surface area contributed by atoms with E-state index in [0.717, 1.165) is 0 Å². The summed E-state index contributed by atoms with van der Waals surface area (Å²) in [5, 5.41) is 9.50. The lowest BCUT2D eigenvalue weighted by molar-refractivity contribution is -0.143. The van der Waals surface area contributed by atoms with Crippen LogP contribution in [0.4, 0.5) is 0 Å². The van der Waals surface area contributed by atoms with Gasteiger partial charge >= 0.3 is 5.97 Å². The highest BCUT2D eigenvalue weighted by Crippen LogP contribution is 2.10. The minimum Gasteiger partial charge on any atom is -0.461 e. The molecule has 0 aliphatic carbocycles. The number of carbonyl (C=O) groups is 1. The Morgan fingerprint density at radius 2 is 2.33 bits per heavy atom. The number of esters is 1. The van der Waals surface area contributed by atoms with Gasteiger partial charge in [-0.1, -0.05) is 44.5 Å². The average Bonchev–Trinajstić information content (AvgIpc) is 2.11. The van der Waals surface area contributed by atoms with Crippen LogP contribution in [-0.2, 0) is 9.53 Å². The topological polar surface area (TPSA) is 46.5 Å². The number of hydrogen-bond acceptors (Lipinski definition) is 3. The highest BCUT2D eigenvalue weighted by Gasteiger charge is 2.23. The maximum atomic E-state index is 11.0. The van der Waals surface area contributed by atoms with E-state index in [1.54, 1.807) is 0 Å². The third-order valence-electron chi connectivity index (χ3n) is 1.06. The molecule has 12 heavy (non-hydrogen) atoms. The quantitative estimate of drug-likeness (QED) is 0.472. The van der Waals surface area contributed by atoms with E-state index in [1.807, 2.05) is 0 Å². The molecule has 2 atom stereocenters. The number of ether oxygens (including phenoxy) is 1. The maximum Gasteiger partial charge on any atom is 0.322 e. The van der Waals surface area contributed by atoms with Crippen molar-refractivity contribution in [3.8, 4) is 0 Å². The molecule has 0 fully saturated rings. The van der Waals surface area contributed by atoms with Crippen LogP contribution in [0, 0.1) is 0 Å². The van der Waals surface area contributed by atoms with Crippen molar-refractivity contribution in [1.82, 2.24) is 0 Å². The van der Waals surface area contributed by atoms with E-state index in [0.29, 0.717) is 5.33 Å². The fourth-order valence-electron chi connectivity index (χ4n) is 0.456. The van der Waals surface area contributed by atoms with Gasteiger partial charge in [-0.15, -0.1) is 0 Å². The molecule has 0 rings (SSSR count). The second kappa shape index (κ2) is 6.62. The first-order valence-corrected chi connectivity index (χ1v) is 5.32. The smallest absolute Gasteiger partial charge is 0.322 e. The highest BCUT2D eigenvalue weighted by molar-refractivity contribution is 9.10. The lowest BCUT2D eigenvalue weighted by atomic mass is 10.3. The van der Waals surface area contributed by atoms with Crippen molar-refractivity contribution in [3.05, 3.63) is 12.7 Å². The minimum atomic E-state index is -0.776. The summed E-state index contributed by atoms with van der Waals surface area (Å²) in [6.07, 6.45) is 0.695. The van der Waals surface area contributed by atoms with Crippen LogP contribution in [0.25, 0.3) is 0 Å². The standard InChI is InChI=1S/C7H10Br2O3/c1-2-3-12-7(11)6(9)5(10)4-8/h2,5-6,10H,1,3-4H2. The van der Waals surface area contributed by atoms with Crippen LogP contribution in [0.15, 0.2) is 12.7 Å². The van der Waals surface area contributed by atoms with Crippen LogP contribution >= 0.6 is 31.9 Å². The van der Waals surface area contributed by atoms with Crippen molar-refractivity contribution in [2.24, 2.45) is 0 Å². The second-order valence-corrected chi connectivity index (χ2v) is 3.68. The summed E-state index contributed by atoms with van der Waals surface area (Å²) in [7, 11) is 0. The number of carbonyl (C=O) groups excluding carboxylic acids is 1. The monoisotopic (exact) mass is 300 g/mol. The molecule has 0 aliphatic heterocycles. The fourth-order valence-corrected chi connectivity index (χ4v) is 1.65. The van der Waals surface area contributed by atoms with E-state index in [4.69, 9.17) is 4.74 Å². The summed E-state index contributed by atoms with van der Waals surface area (Å²) >= 11 is 6.05. The summed E-state index contributed by atoms with van der Waals surface area (Å²) < 4.78 is 4.69. The van der Waals surface area contributed by atoms with Crippen molar-refractivity contribution in [2.75, 3.05) is 11.9 Å². The predicted molar refractivity (Wildman–Crippen MR) is 53.7 cm³/mol. The molecule has 0 spiro atoms. The van der Waals surface area contributed by atoms with E-state index in [2.05, 4.69) is 38.4 Å². The molecule has 0 aromatic rings. The number of alkyl halides is 2. The third kappa shape index (κ3) is 4.23. The van der Waals surface area contributed by atoms with Gasteiger partial charge in [0.2, 0.25) is 0 Å². The second-order valence-electron chi connectivity index (χ2n) is 2.04. The molecule has 0 aliphatic rings. The lowest BCUT2D eigenvalue weighted by Crippen LogP contribution is -2.31. The minimum absolute atomic E-state index is 0.163. The van der Waals surface area contributed by atoms with Gasteiger partial charge in [0.25, 0.3) is 0 Å². The first-order valence-electron chi connectivity index (χ1n) is 3.29. The zero-order valence-corrected chi connectivity index (χ0v) is 9.55. The molecule has 1 N–H and O–H groups in total. The average molecular weight is 302 g/mol. The normalized spacial score (nSPS) is 14.9. The summed E-state index contributed by atoms with van der Waals surface area (Å²) in [6.45, 7) is 3.56. The Morgan fingerprint density at radius 3 is 2.75 bits per heavy atom. The third-order valence-corrected chi connectivity index (χ3v) is 2.71. The maximum absolute atomic E-state index is 11.0. The molecule has 0 saturated heterocycles. The van der Waals surface area contributed by atoms with Gasteiger partial charge in [0.1, 0.15) is 11.4 Å². The number of aliphatic hydroxyl groups excluding tert-OH is 1. The van der Waals surface area contributed by atoms with Crippen LogP contribution < -0.4 is 0 Å². The van der Waals surface area contributed by atoms with Crippen molar-refractivity contribution in [2.45, 2.75) is 10.9 Å². The molecule has 3 nitrogen and oxygen atoms in total. The molecule has 0 amide bonds. The van der Waals surface area contributed by atoms with E-state index in [9.17, 15) is 9.90 Å². The van der Waals surface area contributed by atoms with Crippen LogP contribution in [0.3, 0.4) is 0 Å². The summed E-state index contributed by atoms with van der Waals surface area (Å²) in [5.41, 5.74) is 0. The van der Waals surface area contributed by atoms with Crippen molar-refractivity contribution in [1.29, 1.82) is 0 Å². The van der Waals surface area contributed by atoms with Crippen LogP contribution in [0.2, 0.25) is 0 Å². The molecule has 0 saturated carbocycles. The largest absolute Gasteiger partial charge is 0.461 e. The van der Waals surface area contributed by atoms with Crippen molar-refractivity contribution < 1.29 is 14.6 Å². The zero-order chi connectivity index (χ0) is 9.56. The summed E-state index contributed by atoms with van der Waals surface area (Å²) in [6, 6.07) is 0. The van der Waals surface area contributed by atoms with Crippen LogP contribution in [-0.4, -0.2) is 33.9 Å². The predicted octanol–water partition coefficient (Wildman–Crippen LogP) is 1.23. The fraction of sp³-hybridized carbons (Fsp3) is 0.571. The Bertz CT molecular complexity index is 161. The number of rotatable bonds is 5. The Hall–Kier alpha value is 0.130. The van der Waals surface area contributed by atoms with E-state index < -0.39 is 16.9 Å². The van der Waals surface area contributed by atoms with Gasteiger partial charge in [-0.2, -0.15) is 0 Å². The van der Waals surface area contributed by atoms with Crippen LogP contribution in [0.1, 0.15) is 0 Å². The molecule has 0 radical (unpaired) electrons.